The molecule has 0 amide bonds. The number of azide groups is 1. The first-order valence-corrected chi connectivity index (χ1v) is 5.04. The second-order valence-electron chi connectivity index (χ2n) is 3.11. The van der Waals surface area contributed by atoms with Crippen molar-refractivity contribution in [3.8, 4) is 0 Å². The molecule has 0 aliphatic rings. The molecular formula is C10H17N3O2. The Morgan fingerprint density at radius 1 is 1.53 bits per heavy atom. The molecule has 0 aliphatic carbocycles. The number of nitrogens with zero attached hydrogens (tertiary/aromatic N) is 3. The third-order valence-corrected chi connectivity index (χ3v) is 1.95. The minimum atomic E-state index is -0.418. The van der Waals surface area contributed by atoms with Crippen LogP contribution in [0.2, 0.25) is 0 Å². The second-order valence-corrected chi connectivity index (χ2v) is 3.11. The van der Waals surface area contributed by atoms with E-state index in [1.807, 2.05) is 0 Å². The van der Waals surface area contributed by atoms with Crippen molar-refractivity contribution < 1.29 is 9.53 Å². The van der Waals surface area contributed by atoms with Crippen LogP contribution < -0.4 is 0 Å². The lowest BCUT2D eigenvalue weighted by Gasteiger charge is -2.01. The fourth-order valence-electron chi connectivity index (χ4n) is 1.12. The van der Waals surface area contributed by atoms with Gasteiger partial charge in [-0.25, -0.2) is 4.79 Å². The number of ether oxygens (including phenoxy) is 1. The maximum absolute atomic E-state index is 11.2. The molecule has 0 aromatic rings. The van der Waals surface area contributed by atoms with Gasteiger partial charge in [0, 0.05) is 10.5 Å². The summed E-state index contributed by atoms with van der Waals surface area (Å²) in [6, 6.07) is 0. The number of hydrogen-bond donors (Lipinski definition) is 0. The molecule has 15 heavy (non-hydrogen) atoms. The first kappa shape index (κ1) is 13.5. The summed E-state index contributed by atoms with van der Waals surface area (Å²) in [7, 11) is 1.32. The summed E-state index contributed by atoms with van der Waals surface area (Å²) < 4.78 is 4.58. The SMILES string of the molecule is CCCCCC=C(CN=[N+]=[N-])C(=O)OC. The number of allylic oxidation sites excluding steroid dienone is 1. The van der Waals surface area contributed by atoms with Gasteiger partial charge in [0.2, 0.25) is 0 Å². The van der Waals surface area contributed by atoms with Crippen molar-refractivity contribution in [3.63, 3.8) is 0 Å². The zero-order valence-electron chi connectivity index (χ0n) is 9.27. The summed E-state index contributed by atoms with van der Waals surface area (Å²) in [5.41, 5.74) is 8.59. The van der Waals surface area contributed by atoms with Crippen molar-refractivity contribution in [2.24, 2.45) is 5.11 Å². The highest BCUT2D eigenvalue weighted by molar-refractivity contribution is 5.88. The number of carbonyl (C=O) groups is 1. The Hall–Kier alpha value is -1.48. The summed E-state index contributed by atoms with van der Waals surface area (Å²) in [5.74, 6) is -0.418. The molecule has 5 heteroatoms. The summed E-state index contributed by atoms with van der Waals surface area (Å²) in [6.45, 7) is 2.18. The van der Waals surface area contributed by atoms with E-state index < -0.39 is 5.97 Å². The first-order chi connectivity index (χ1) is 7.26. The number of carbonyl (C=O) groups excluding carboxylic acids is 1. The number of rotatable bonds is 7. The Balaban J connectivity index is 4.20. The molecule has 0 saturated heterocycles. The quantitative estimate of drug-likeness (QED) is 0.162. The first-order valence-electron chi connectivity index (χ1n) is 5.04. The van der Waals surface area contributed by atoms with Crippen LogP contribution in [0.15, 0.2) is 16.8 Å². The molecule has 0 atom stereocenters. The van der Waals surface area contributed by atoms with E-state index in [-0.39, 0.29) is 6.54 Å². The van der Waals surface area contributed by atoms with E-state index in [2.05, 4.69) is 21.7 Å². The van der Waals surface area contributed by atoms with E-state index in [9.17, 15) is 4.79 Å². The zero-order valence-corrected chi connectivity index (χ0v) is 9.27. The average Bonchev–Trinajstić information content (AvgIpc) is 2.27. The molecule has 0 bridgehead atoms. The molecule has 0 unspecified atom stereocenters. The monoisotopic (exact) mass is 211 g/mol. The van der Waals surface area contributed by atoms with Crippen LogP contribution in [0.25, 0.3) is 10.4 Å². The molecular weight excluding hydrogens is 194 g/mol. The van der Waals surface area contributed by atoms with Gasteiger partial charge >= 0.3 is 5.97 Å². The summed E-state index contributed by atoms with van der Waals surface area (Å²) in [5, 5.41) is 3.35. The minimum Gasteiger partial charge on any atom is -0.466 e. The van der Waals surface area contributed by atoms with E-state index in [0.29, 0.717) is 5.57 Å². The molecule has 0 saturated carbocycles. The van der Waals surface area contributed by atoms with Gasteiger partial charge in [-0.15, -0.1) is 0 Å². The van der Waals surface area contributed by atoms with Crippen molar-refractivity contribution in [1.29, 1.82) is 0 Å². The van der Waals surface area contributed by atoms with Crippen LogP contribution in [0.4, 0.5) is 0 Å². The van der Waals surface area contributed by atoms with Crippen LogP contribution in [0.5, 0.6) is 0 Å². The van der Waals surface area contributed by atoms with Crippen LogP contribution in [-0.4, -0.2) is 19.6 Å². The van der Waals surface area contributed by atoms with Crippen molar-refractivity contribution in [2.45, 2.75) is 32.6 Å². The molecule has 0 aromatic carbocycles. The lowest BCUT2D eigenvalue weighted by atomic mass is 10.1. The highest BCUT2D eigenvalue weighted by atomic mass is 16.5. The standard InChI is InChI=1S/C10H17N3O2/c1-3-4-5-6-7-9(8-12-13-11)10(14)15-2/h7H,3-6,8H2,1-2H3. The summed E-state index contributed by atoms with van der Waals surface area (Å²) >= 11 is 0. The summed E-state index contributed by atoms with van der Waals surface area (Å²) in [6.07, 6.45) is 5.91. The van der Waals surface area contributed by atoms with Gasteiger partial charge in [-0.2, -0.15) is 0 Å². The Labute approximate surface area is 89.7 Å². The fourth-order valence-corrected chi connectivity index (χ4v) is 1.12. The maximum Gasteiger partial charge on any atom is 0.333 e. The van der Waals surface area contributed by atoms with E-state index in [1.54, 1.807) is 6.08 Å². The third kappa shape index (κ3) is 6.57. The van der Waals surface area contributed by atoms with Crippen LogP contribution in [0.3, 0.4) is 0 Å². The Bertz CT molecular complexity index is 268. The minimum absolute atomic E-state index is 0.0648. The maximum atomic E-state index is 11.2. The normalized spacial score (nSPS) is 10.7. The van der Waals surface area contributed by atoms with Gasteiger partial charge in [-0.1, -0.05) is 31.0 Å². The fraction of sp³-hybridized carbons (Fsp3) is 0.700. The summed E-state index contributed by atoms with van der Waals surface area (Å²) in [4.78, 5) is 13.8. The lowest BCUT2D eigenvalue weighted by molar-refractivity contribution is -0.136. The van der Waals surface area contributed by atoms with Gasteiger partial charge in [0.1, 0.15) is 0 Å². The number of esters is 1. The number of hydrogen-bond acceptors (Lipinski definition) is 3. The molecule has 0 fully saturated rings. The smallest absolute Gasteiger partial charge is 0.333 e. The van der Waals surface area contributed by atoms with Gasteiger partial charge in [-0.3, -0.25) is 0 Å². The van der Waals surface area contributed by atoms with Gasteiger partial charge in [0.25, 0.3) is 0 Å². The lowest BCUT2D eigenvalue weighted by Crippen LogP contribution is -2.07. The van der Waals surface area contributed by atoms with Gasteiger partial charge in [0.15, 0.2) is 0 Å². The van der Waals surface area contributed by atoms with Gasteiger partial charge < -0.3 is 4.74 Å². The highest BCUT2D eigenvalue weighted by Gasteiger charge is 2.07. The predicted octanol–water partition coefficient (Wildman–Crippen LogP) is 2.98. The second kappa shape index (κ2) is 9.09. The van der Waals surface area contributed by atoms with E-state index in [1.165, 1.54) is 7.11 Å². The Kier molecular flexibility index (Phi) is 8.19. The van der Waals surface area contributed by atoms with E-state index >= 15 is 0 Å². The Morgan fingerprint density at radius 3 is 2.80 bits per heavy atom. The largest absolute Gasteiger partial charge is 0.466 e. The zero-order chi connectivity index (χ0) is 11.5. The molecule has 0 rings (SSSR count). The van der Waals surface area contributed by atoms with Crippen molar-refractivity contribution in [2.75, 3.05) is 13.7 Å². The Morgan fingerprint density at radius 2 is 2.27 bits per heavy atom. The molecule has 0 aliphatic heterocycles. The van der Waals surface area contributed by atoms with E-state index in [0.717, 1.165) is 25.7 Å². The van der Waals surface area contributed by atoms with Crippen LogP contribution in [0, 0.1) is 0 Å². The number of unbranched alkanes of at least 4 members (excludes halogenated alkanes) is 3. The van der Waals surface area contributed by atoms with Crippen LogP contribution in [0.1, 0.15) is 32.6 Å². The topological polar surface area (TPSA) is 75.1 Å². The highest BCUT2D eigenvalue weighted by Crippen LogP contribution is 2.05. The molecule has 5 nitrogen and oxygen atoms in total. The van der Waals surface area contributed by atoms with Crippen molar-refractivity contribution in [3.05, 3.63) is 22.1 Å². The molecule has 0 heterocycles. The van der Waals surface area contributed by atoms with Gasteiger partial charge in [0.05, 0.1) is 13.7 Å². The molecule has 0 aromatic heterocycles. The average molecular weight is 211 g/mol. The van der Waals surface area contributed by atoms with Gasteiger partial charge in [-0.05, 0) is 18.4 Å². The molecule has 84 valence electrons. The number of methoxy groups -OCH3 is 1. The van der Waals surface area contributed by atoms with E-state index in [4.69, 9.17) is 5.53 Å². The molecule has 0 N–H and O–H groups in total. The van der Waals surface area contributed by atoms with Crippen LogP contribution in [-0.2, 0) is 9.53 Å². The molecule has 0 spiro atoms. The van der Waals surface area contributed by atoms with Crippen molar-refractivity contribution >= 4 is 5.97 Å². The molecule has 0 radical (unpaired) electrons. The predicted molar refractivity (Wildman–Crippen MR) is 58.3 cm³/mol. The van der Waals surface area contributed by atoms with Crippen LogP contribution >= 0.6 is 0 Å². The third-order valence-electron chi connectivity index (χ3n) is 1.95. The van der Waals surface area contributed by atoms with Crippen molar-refractivity contribution in [1.82, 2.24) is 0 Å².